The summed E-state index contributed by atoms with van der Waals surface area (Å²) in [6, 6.07) is 11.5. The van der Waals surface area contributed by atoms with Crippen LogP contribution in [0, 0.1) is 6.92 Å². The minimum atomic E-state index is -1.02. The van der Waals surface area contributed by atoms with Gasteiger partial charge in [-0.15, -0.1) is 0 Å². The second kappa shape index (κ2) is 7.54. The van der Waals surface area contributed by atoms with Gasteiger partial charge in [0.05, 0.1) is 17.6 Å². The molecule has 0 radical (unpaired) electrons. The normalized spacial score (nSPS) is 16.0. The largest absolute Gasteiger partial charge is 0.464 e. The molecule has 146 valence electrons. The lowest BCUT2D eigenvalue weighted by molar-refractivity contribution is 0.143. The summed E-state index contributed by atoms with van der Waals surface area (Å²) in [5.41, 5.74) is 4.11. The molecule has 28 heavy (non-hydrogen) atoms. The first-order valence-corrected chi connectivity index (χ1v) is 9.72. The fourth-order valence-corrected chi connectivity index (χ4v) is 4.02. The Labute approximate surface area is 169 Å². The number of piperazine rings is 1. The van der Waals surface area contributed by atoms with Gasteiger partial charge in [-0.25, -0.2) is 14.3 Å². The van der Waals surface area contributed by atoms with Crippen molar-refractivity contribution in [2.45, 2.75) is 13.5 Å². The van der Waals surface area contributed by atoms with Crippen LogP contribution in [-0.4, -0.2) is 63.8 Å². The Morgan fingerprint density at radius 1 is 1.14 bits per heavy atom. The molecule has 0 unspecified atom stereocenters. The highest BCUT2D eigenvalue weighted by molar-refractivity contribution is 6.33. The number of nitrogens with zero attached hydrogens (tertiary/aromatic N) is 4. The van der Waals surface area contributed by atoms with Crippen LogP contribution in [0.15, 0.2) is 36.4 Å². The summed E-state index contributed by atoms with van der Waals surface area (Å²) in [5, 5.41) is 10.5. The molecule has 2 heterocycles. The number of benzene rings is 2. The lowest BCUT2D eigenvalue weighted by atomic mass is 10.0. The maximum absolute atomic E-state index is 12.0. The van der Waals surface area contributed by atoms with Crippen LogP contribution in [0.2, 0.25) is 5.02 Å². The van der Waals surface area contributed by atoms with Crippen LogP contribution < -0.4 is 0 Å². The van der Waals surface area contributed by atoms with Gasteiger partial charge in [-0.05, 0) is 43.3 Å². The van der Waals surface area contributed by atoms with Gasteiger partial charge in [0.25, 0.3) is 0 Å². The number of aryl methyl sites for hydroxylation is 1. The van der Waals surface area contributed by atoms with Gasteiger partial charge in [-0.3, -0.25) is 4.90 Å². The number of halogens is 1. The van der Waals surface area contributed by atoms with Crippen LogP contribution in [0.1, 0.15) is 11.4 Å². The molecule has 7 heteroatoms. The molecule has 0 spiro atoms. The van der Waals surface area contributed by atoms with E-state index in [1.165, 1.54) is 4.57 Å². The average molecular weight is 399 g/mol. The zero-order valence-corrected chi connectivity index (χ0v) is 16.8. The molecule has 6 nitrogen and oxygen atoms in total. The molecule has 4 rings (SSSR count). The fourth-order valence-electron chi connectivity index (χ4n) is 3.67. The van der Waals surface area contributed by atoms with Crippen LogP contribution in [-0.2, 0) is 6.54 Å². The third-order valence-electron chi connectivity index (χ3n) is 5.31. The zero-order chi connectivity index (χ0) is 19.8. The molecule has 0 atom stereocenters. The Balaban J connectivity index is 1.74. The maximum atomic E-state index is 12.0. The van der Waals surface area contributed by atoms with E-state index in [1.54, 1.807) is 0 Å². The Hall–Kier alpha value is -2.41. The topological polar surface area (TPSA) is 61.6 Å². The predicted molar refractivity (Wildman–Crippen MR) is 111 cm³/mol. The number of carbonyl (C=O) groups is 1. The van der Waals surface area contributed by atoms with Crippen molar-refractivity contribution in [2.75, 3.05) is 33.2 Å². The summed E-state index contributed by atoms with van der Waals surface area (Å²) in [7, 11) is 2.10. The second-order valence-electron chi connectivity index (χ2n) is 7.41. The molecule has 0 amide bonds. The number of carboxylic acid groups (broad SMARTS) is 1. The van der Waals surface area contributed by atoms with Crippen molar-refractivity contribution in [1.29, 1.82) is 0 Å². The molecule has 3 aromatic rings. The molecule has 0 bridgehead atoms. The van der Waals surface area contributed by atoms with E-state index in [2.05, 4.69) is 21.8 Å². The van der Waals surface area contributed by atoms with Crippen molar-refractivity contribution in [3.05, 3.63) is 52.8 Å². The Bertz CT molecular complexity index is 1040. The number of aromatic nitrogens is 2. The van der Waals surface area contributed by atoms with Crippen molar-refractivity contribution >= 4 is 28.7 Å². The minimum absolute atomic E-state index is 0.523. The predicted octanol–water partition coefficient (Wildman–Crippen LogP) is 3.94. The summed E-state index contributed by atoms with van der Waals surface area (Å²) >= 11 is 6.41. The summed E-state index contributed by atoms with van der Waals surface area (Å²) < 4.78 is 1.30. The van der Waals surface area contributed by atoms with Gasteiger partial charge in [0.2, 0.25) is 0 Å². The number of fused-ring (bicyclic) bond motifs is 1. The first-order valence-electron chi connectivity index (χ1n) is 9.34. The Kier molecular flexibility index (Phi) is 5.10. The van der Waals surface area contributed by atoms with E-state index in [-0.39, 0.29) is 0 Å². The van der Waals surface area contributed by atoms with Gasteiger partial charge in [0.15, 0.2) is 0 Å². The quantitative estimate of drug-likeness (QED) is 0.724. The van der Waals surface area contributed by atoms with Crippen LogP contribution in [0.4, 0.5) is 4.79 Å². The number of imidazole rings is 1. The smallest absolute Gasteiger partial charge is 0.417 e. The lowest BCUT2D eigenvalue weighted by Crippen LogP contribution is -2.44. The SMILES string of the molecule is Cc1ccc(-c2ccc3nc(CN4CCN(C)CC4)n(C(=O)O)c3c2)c(Cl)c1. The molecule has 1 aliphatic rings. The molecular weight excluding hydrogens is 376 g/mol. The summed E-state index contributed by atoms with van der Waals surface area (Å²) in [6.07, 6.45) is -1.02. The number of hydrogen-bond acceptors (Lipinski definition) is 4. The van der Waals surface area contributed by atoms with E-state index in [0.717, 1.165) is 42.9 Å². The Morgan fingerprint density at radius 3 is 2.57 bits per heavy atom. The Morgan fingerprint density at radius 2 is 1.89 bits per heavy atom. The van der Waals surface area contributed by atoms with E-state index in [1.807, 2.05) is 43.3 Å². The van der Waals surface area contributed by atoms with E-state index in [0.29, 0.717) is 28.4 Å². The van der Waals surface area contributed by atoms with Crippen LogP contribution in [0.3, 0.4) is 0 Å². The molecule has 0 saturated carbocycles. The highest BCUT2D eigenvalue weighted by Gasteiger charge is 2.21. The maximum Gasteiger partial charge on any atom is 0.417 e. The molecule has 1 saturated heterocycles. The van der Waals surface area contributed by atoms with E-state index in [4.69, 9.17) is 11.6 Å². The third-order valence-corrected chi connectivity index (χ3v) is 5.62. The second-order valence-corrected chi connectivity index (χ2v) is 7.82. The van der Waals surface area contributed by atoms with E-state index >= 15 is 0 Å². The lowest BCUT2D eigenvalue weighted by Gasteiger charge is -2.31. The van der Waals surface area contributed by atoms with Crippen molar-refractivity contribution in [3.8, 4) is 11.1 Å². The van der Waals surface area contributed by atoms with Gasteiger partial charge in [0.1, 0.15) is 5.82 Å². The number of likely N-dealkylation sites (N-methyl/N-ethyl adjacent to an activating group) is 1. The highest BCUT2D eigenvalue weighted by atomic mass is 35.5. The van der Waals surface area contributed by atoms with E-state index in [9.17, 15) is 9.90 Å². The van der Waals surface area contributed by atoms with Gasteiger partial charge >= 0.3 is 6.09 Å². The number of hydrogen-bond donors (Lipinski definition) is 1. The van der Waals surface area contributed by atoms with Crippen LogP contribution in [0.25, 0.3) is 22.2 Å². The zero-order valence-electron chi connectivity index (χ0n) is 16.0. The molecule has 2 aromatic carbocycles. The van der Waals surface area contributed by atoms with Crippen LogP contribution in [0.5, 0.6) is 0 Å². The van der Waals surface area contributed by atoms with E-state index < -0.39 is 6.09 Å². The van der Waals surface area contributed by atoms with Crippen molar-refractivity contribution in [3.63, 3.8) is 0 Å². The molecule has 1 fully saturated rings. The summed E-state index contributed by atoms with van der Waals surface area (Å²) in [5.74, 6) is 0.555. The van der Waals surface area contributed by atoms with Gasteiger partial charge < -0.3 is 10.0 Å². The van der Waals surface area contributed by atoms with Gasteiger partial charge in [0, 0.05) is 36.8 Å². The molecule has 1 aliphatic heterocycles. The third kappa shape index (κ3) is 3.63. The monoisotopic (exact) mass is 398 g/mol. The summed E-state index contributed by atoms with van der Waals surface area (Å²) in [4.78, 5) is 21.2. The van der Waals surface area contributed by atoms with Crippen LogP contribution >= 0.6 is 11.6 Å². The van der Waals surface area contributed by atoms with Crippen molar-refractivity contribution < 1.29 is 9.90 Å². The first-order chi connectivity index (χ1) is 13.4. The fraction of sp³-hybridized carbons (Fsp3) is 0.333. The highest BCUT2D eigenvalue weighted by Crippen LogP contribution is 2.31. The van der Waals surface area contributed by atoms with Gasteiger partial charge in [-0.2, -0.15) is 0 Å². The molecule has 1 aromatic heterocycles. The van der Waals surface area contributed by atoms with Crippen molar-refractivity contribution in [2.24, 2.45) is 0 Å². The number of rotatable bonds is 3. The average Bonchev–Trinajstić information content (AvgIpc) is 3.01. The minimum Gasteiger partial charge on any atom is -0.464 e. The molecule has 1 N–H and O–H groups in total. The molecular formula is C21H23ClN4O2. The standard InChI is InChI=1S/C21H23ClN4O2/c1-14-3-5-16(17(22)11-14)15-4-6-18-19(12-15)26(21(27)28)20(23-18)13-25-9-7-24(2)8-10-25/h3-6,11-12H,7-10,13H2,1-2H3,(H,27,28). The van der Waals surface area contributed by atoms with Gasteiger partial charge in [-0.1, -0.05) is 29.8 Å². The molecule has 0 aliphatic carbocycles. The van der Waals surface area contributed by atoms with Crippen molar-refractivity contribution in [1.82, 2.24) is 19.4 Å². The first kappa shape index (κ1) is 18.9. The summed E-state index contributed by atoms with van der Waals surface area (Å²) in [6.45, 7) is 6.28.